The smallest absolute Gasteiger partial charge is 0.0751 e. The molecule has 2 aromatic rings. The van der Waals surface area contributed by atoms with Gasteiger partial charge in [0.05, 0.1) is 17.0 Å². The maximum absolute atomic E-state index is 4.09. The van der Waals surface area contributed by atoms with E-state index in [9.17, 15) is 0 Å². The summed E-state index contributed by atoms with van der Waals surface area (Å²) in [5, 5.41) is 0. The van der Waals surface area contributed by atoms with Gasteiger partial charge in [0.2, 0.25) is 0 Å². The van der Waals surface area contributed by atoms with Crippen molar-refractivity contribution in [2.45, 2.75) is 246 Å². The highest BCUT2D eigenvalue weighted by Gasteiger charge is 2.21. The zero-order valence-electron chi connectivity index (χ0n) is 33.8. The third kappa shape index (κ3) is 20.9. The van der Waals surface area contributed by atoms with Gasteiger partial charge in [-0.2, -0.15) is 0 Å². The zero-order chi connectivity index (χ0) is 36.1. The highest BCUT2D eigenvalue weighted by atomic mass is 79.9. The predicted molar refractivity (Wildman–Crippen MR) is 240 cm³/mol. The van der Waals surface area contributed by atoms with Crippen molar-refractivity contribution < 1.29 is 0 Å². The molecule has 0 aliphatic heterocycles. The number of aryl methyl sites for hydroxylation is 2. The number of thiophene rings is 2. The van der Waals surface area contributed by atoms with Crippen LogP contribution in [-0.2, 0) is 12.8 Å². The van der Waals surface area contributed by atoms with E-state index in [4.69, 9.17) is 0 Å². The van der Waals surface area contributed by atoms with Gasteiger partial charge < -0.3 is 0 Å². The van der Waals surface area contributed by atoms with Crippen LogP contribution < -0.4 is 0 Å². The second kappa shape index (κ2) is 31.9. The Balaban J connectivity index is 1.98. The molecule has 2 rings (SSSR count). The molecule has 292 valence electrons. The summed E-state index contributed by atoms with van der Waals surface area (Å²) in [5.74, 6) is 1.80. The summed E-state index contributed by atoms with van der Waals surface area (Å²) >= 11 is 12.3. The fourth-order valence-electron chi connectivity index (χ4n) is 8.16. The van der Waals surface area contributed by atoms with Gasteiger partial charge in [-0.25, -0.2) is 0 Å². The molecule has 0 aliphatic carbocycles. The summed E-state index contributed by atoms with van der Waals surface area (Å²) in [4.78, 5) is 0. The minimum atomic E-state index is 0.899. The Hall–Kier alpha value is 0.620. The third-order valence-corrected chi connectivity index (χ3v) is 15.8. The van der Waals surface area contributed by atoms with Gasteiger partial charge in [-0.1, -0.05) is 220 Å². The summed E-state index contributed by atoms with van der Waals surface area (Å²) < 4.78 is 6.04. The molecule has 0 aromatic carbocycles. The number of fused-ring (bicyclic) bond motifs is 1. The summed E-state index contributed by atoms with van der Waals surface area (Å²) in [6.45, 7) is 9.32. The number of hydrogen-bond donors (Lipinski definition) is 0. The first-order valence-corrected chi connectivity index (χ1v) is 25.6. The molecule has 0 radical (unpaired) electrons. The molecule has 2 unspecified atom stereocenters. The van der Waals surface area contributed by atoms with Crippen molar-refractivity contribution >= 4 is 63.9 Å². The Morgan fingerprint density at radius 1 is 0.340 bits per heavy atom. The standard InChI is InChI=1S/C46H82Br2S2/c1-5-9-13-17-21-25-29-33-39(31-27-23-19-15-11-7-3)35-37-41-43-44(50-45(41)47)42(46(48)49-43)38-36-40(32-28-24-20-16-12-8-4)34-30-26-22-18-14-10-6-2/h39-40H,5-38H2,1-4H3. The maximum atomic E-state index is 4.09. The van der Waals surface area contributed by atoms with E-state index in [1.807, 2.05) is 22.7 Å². The summed E-state index contributed by atoms with van der Waals surface area (Å²) in [6.07, 6.45) is 48.1. The topological polar surface area (TPSA) is 0 Å². The van der Waals surface area contributed by atoms with Crippen molar-refractivity contribution in [2.24, 2.45) is 11.8 Å². The molecular formula is C46H82Br2S2. The van der Waals surface area contributed by atoms with Gasteiger partial charge in [-0.15, -0.1) is 22.7 Å². The molecule has 0 fully saturated rings. The van der Waals surface area contributed by atoms with Crippen LogP contribution in [0.1, 0.15) is 244 Å². The highest BCUT2D eigenvalue weighted by molar-refractivity contribution is 9.11. The molecule has 0 spiro atoms. The van der Waals surface area contributed by atoms with Gasteiger partial charge in [0.15, 0.2) is 0 Å². The van der Waals surface area contributed by atoms with Gasteiger partial charge in [-0.05, 0) is 80.5 Å². The van der Waals surface area contributed by atoms with Crippen LogP contribution in [0.15, 0.2) is 7.57 Å². The van der Waals surface area contributed by atoms with Crippen molar-refractivity contribution in [3.63, 3.8) is 0 Å². The Labute approximate surface area is 338 Å². The monoisotopic (exact) mass is 856 g/mol. The largest absolute Gasteiger partial charge is 0.127 e. The molecule has 0 amide bonds. The van der Waals surface area contributed by atoms with Gasteiger partial charge in [0.1, 0.15) is 0 Å². The predicted octanol–water partition coefficient (Wildman–Crippen LogP) is 19.4. The minimum absolute atomic E-state index is 0.899. The lowest BCUT2D eigenvalue weighted by Crippen LogP contribution is -2.03. The fourth-order valence-corrected chi connectivity index (χ4v) is 12.7. The van der Waals surface area contributed by atoms with Crippen LogP contribution >= 0.6 is 54.5 Å². The summed E-state index contributed by atoms with van der Waals surface area (Å²) in [6, 6.07) is 0. The van der Waals surface area contributed by atoms with E-state index < -0.39 is 0 Å². The first-order valence-electron chi connectivity index (χ1n) is 22.4. The number of halogens is 2. The van der Waals surface area contributed by atoms with Crippen molar-refractivity contribution in [3.8, 4) is 0 Å². The molecular weight excluding hydrogens is 776 g/mol. The van der Waals surface area contributed by atoms with Crippen molar-refractivity contribution in [1.29, 1.82) is 0 Å². The number of hydrogen-bond acceptors (Lipinski definition) is 2. The lowest BCUT2D eigenvalue weighted by Gasteiger charge is -2.17. The average molecular weight is 859 g/mol. The quantitative estimate of drug-likeness (QED) is 0.0599. The molecule has 50 heavy (non-hydrogen) atoms. The first-order chi connectivity index (χ1) is 24.5. The maximum Gasteiger partial charge on any atom is 0.0751 e. The zero-order valence-corrected chi connectivity index (χ0v) is 38.6. The van der Waals surface area contributed by atoms with Crippen molar-refractivity contribution in [3.05, 3.63) is 18.7 Å². The Morgan fingerprint density at radius 3 is 0.840 bits per heavy atom. The van der Waals surface area contributed by atoms with Crippen LogP contribution in [0, 0.1) is 11.8 Å². The van der Waals surface area contributed by atoms with E-state index in [0.717, 1.165) is 11.8 Å². The molecule has 0 saturated heterocycles. The van der Waals surface area contributed by atoms with Crippen LogP contribution in [0.3, 0.4) is 0 Å². The molecule has 2 atom stereocenters. The Bertz CT molecular complexity index is 957. The van der Waals surface area contributed by atoms with E-state index in [-0.39, 0.29) is 0 Å². The van der Waals surface area contributed by atoms with Crippen LogP contribution in [0.5, 0.6) is 0 Å². The van der Waals surface area contributed by atoms with Gasteiger partial charge in [0, 0.05) is 0 Å². The SMILES string of the molecule is CCCCCCCCCC(CCCCCCCC)CCc1c(Br)sc2c(CCC(CCCCCCCC)CCCCCCCCC)c(Br)sc12. The average Bonchev–Trinajstić information content (AvgIpc) is 3.58. The van der Waals surface area contributed by atoms with E-state index >= 15 is 0 Å². The molecule has 2 aromatic heterocycles. The fraction of sp³-hybridized carbons (Fsp3) is 0.870. The Kier molecular flexibility index (Phi) is 29.9. The normalized spacial score (nSPS) is 13.2. The van der Waals surface area contributed by atoms with Gasteiger partial charge >= 0.3 is 0 Å². The minimum Gasteiger partial charge on any atom is -0.127 e. The van der Waals surface area contributed by atoms with E-state index in [1.165, 1.54) is 226 Å². The lowest BCUT2D eigenvalue weighted by atomic mass is 9.89. The third-order valence-electron chi connectivity index (χ3n) is 11.6. The van der Waals surface area contributed by atoms with Crippen LogP contribution in [0.4, 0.5) is 0 Å². The molecule has 4 heteroatoms. The van der Waals surface area contributed by atoms with Crippen molar-refractivity contribution in [2.75, 3.05) is 0 Å². The van der Waals surface area contributed by atoms with E-state index in [2.05, 4.69) is 59.6 Å². The summed E-state index contributed by atoms with van der Waals surface area (Å²) in [5.41, 5.74) is 3.25. The molecule has 0 N–H and O–H groups in total. The number of unbranched alkanes of at least 4 members (excludes halogenated alkanes) is 22. The van der Waals surface area contributed by atoms with Gasteiger partial charge in [0.25, 0.3) is 0 Å². The van der Waals surface area contributed by atoms with E-state index in [0.29, 0.717) is 0 Å². The number of rotatable bonds is 36. The molecule has 0 bridgehead atoms. The van der Waals surface area contributed by atoms with E-state index in [1.54, 1.807) is 20.5 Å². The molecule has 2 heterocycles. The van der Waals surface area contributed by atoms with Crippen LogP contribution in [-0.4, -0.2) is 0 Å². The first kappa shape index (κ1) is 46.8. The highest BCUT2D eigenvalue weighted by Crippen LogP contribution is 2.47. The Morgan fingerprint density at radius 2 is 0.580 bits per heavy atom. The lowest BCUT2D eigenvalue weighted by molar-refractivity contribution is 0.380. The van der Waals surface area contributed by atoms with Crippen LogP contribution in [0.2, 0.25) is 0 Å². The second-order valence-corrected chi connectivity index (χ2v) is 20.8. The second-order valence-electron chi connectivity index (χ2n) is 16.1. The molecule has 0 nitrogen and oxygen atoms in total. The van der Waals surface area contributed by atoms with Gasteiger partial charge in [-0.3, -0.25) is 0 Å². The summed E-state index contributed by atoms with van der Waals surface area (Å²) in [7, 11) is 0. The van der Waals surface area contributed by atoms with Crippen molar-refractivity contribution in [1.82, 2.24) is 0 Å². The molecule has 0 aliphatic rings. The van der Waals surface area contributed by atoms with Crippen LogP contribution in [0.25, 0.3) is 9.40 Å². The molecule has 0 saturated carbocycles.